The first-order valence-electron chi connectivity index (χ1n) is 7.58. The predicted molar refractivity (Wildman–Crippen MR) is 75.9 cm³/mol. The zero-order chi connectivity index (χ0) is 13.4. The Balaban J connectivity index is 2.16. The highest BCUT2D eigenvalue weighted by Crippen LogP contribution is 2.21. The Morgan fingerprint density at radius 3 is 2.50 bits per heavy atom. The highest BCUT2D eigenvalue weighted by atomic mass is 16.5. The van der Waals surface area contributed by atoms with E-state index in [0.29, 0.717) is 0 Å². The molecule has 1 atom stereocenters. The number of morpholine rings is 1. The lowest BCUT2D eigenvalue weighted by molar-refractivity contribution is -0.148. The summed E-state index contributed by atoms with van der Waals surface area (Å²) in [7, 11) is 0. The molecule has 1 heterocycles. The van der Waals surface area contributed by atoms with E-state index < -0.39 is 0 Å². The highest BCUT2D eigenvalue weighted by Gasteiger charge is 2.32. The van der Waals surface area contributed by atoms with Crippen LogP contribution in [0.4, 0.5) is 0 Å². The van der Waals surface area contributed by atoms with Crippen molar-refractivity contribution >= 4 is 0 Å². The molecule has 18 heavy (non-hydrogen) atoms. The van der Waals surface area contributed by atoms with Crippen LogP contribution in [-0.2, 0) is 4.74 Å². The monoisotopic (exact) mass is 257 g/mol. The van der Waals surface area contributed by atoms with Crippen LogP contribution in [0.3, 0.4) is 0 Å². The number of aliphatic hydroxyl groups excluding tert-OH is 1. The molecule has 0 radical (unpaired) electrons. The van der Waals surface area contributed by atoms with Crippen molar-refractivity contribution in [3.05, 3.63) is 0 Å². The minimum absolute atomic E-state index is 0.00570. The van der Waals surface area contributed by atoms with E-state index in [1.165, 1.54) is 38.5 Å². The van der Waals surface area contributed by atoms with Gasteiger partial charge in [-0.3, -0.25) is 4.90 Å². The van der Waals surface area contributed by atoms with E-state index in [9.17, 15) is 5.11 Å². The number of rotatable bonds is 8. The first-order valence-corrected chi connectivity index (χ1v) is 7.58. The quantitative estimate of drug-likeness (QED) is 0.679. The third-order valence-electron chi connectivity index (χ3n) is 3.58. The Bertz CT molecular complexity index is 219. The second kappa shape index (κ2) is 8.13. The average Bonchev–Trinajstić information content (AvgIpc) is 2.31. The van der Waals surface area contributed by atoms with Crippen LogP contribution in [0.25, 0.3) is 0 Å². The van der Waals surface area contributed by atoms with Crippen molar-refractivity contribution in [2.45, 2.75) is 71.0 Å². The Morgan fingerprint density at radius 2 is 1.83 bits per heavy atom. The maximum Gasteiger partial charge on any atom is 0.0940 e. The van der Waals surface area contributed by atoms with Gasteiger partial charge in [-0.05, 0) is 26.8 Å². The lowest BCUT2D eigenvalue weighted by Crippen LogP contribution is -2.53. The fourth-order valence-corrected chi connectivity index (χ4v) is 2.80. The van der Waals surface area contributed by atoms with Crippen molar-refractivity contribution in [1.29, 1.82) is 0 Å². The summed E-state index contributed by atoms with van der Waals surface area (Å²) < 4.78 is 5.82. The fourth-order valence-electron chi connectivity index (χ4n) is 2.80. The molecule has 0 saturated carbocycles. The van der Waals surface area contributed by atoms with Gasteiger partial charge in [-0.25, -0.2) is 0 Å². The second-order valence-corrected chi connectivity index (χ2v) is 6.19. The molecule has 3 heteroatoms. The zero-order valence-electron chi connectivity index (χ0n) is 12.5. The molecule has 1 unspecified atom stereocenters. The number of aliphatic hydroxyl groups is 1. The summed E-state index contributed by atoms with van der Waals surface area (Å²) in [5.41, 5.74) is -0.117. The van der Waals surface area contributed by atoms with Crippen LogP contribution in [-0.4, -0.2) is 48.0 Å². The van der Waals surface area contributed by atoms with Crippen molar-refractivity contribution in [2.75, 3.05) is 26.2 Å². The van der Waals surface area contributed by atoms with Crippen molar-refractivity contribution in [1.82, 2.24) is 4.90 Å². The van der Waals surface area contributed by atoms with Gasteiger partial charge in [0.15, 0.2) is 0 Å². The van der Waals surface area contributed by atoms with Gasteiger partial charge in [0.2, 0.25) is 0 Å². The van der Waals surface area contributed by atoms with Gasteiger partial charge < -0.3 is 9.84 Å². The maximum absolute atomic E-state index is 9.26. The van der Waals surface area contributed by atoms with E-state index in [2.05, 4.69) is 25.7 Å². The van der Waals surface area contributed by atoms with Gasteiger partial charge in [-0.15, -0.1) is 0 Å². The number of ether oxygens (including phenoxy) is 1. The van der Waals surface area contributed by atoms with E-state index in [1.54, 1.807) is 0 Å². The average molecular weight is 257 g/mol. The van der Waals surface area contributed by atoms with Crippen LogP contribution in [0.2, 0.25) is 0 Å². The number of hydrogen-bond donors (Lipinski definition) is 1. The summed E-state index contributed by atoms with van der Waals surface area (Å²) in [4.78, 5) is 2.45. The molecule has 1 N–H and O–H groups in total. The third-order valence-corrected chi connectivity index (χ3v) is 3.58. The lowest BCUT2D eigenvalue weighted by atomic mass is 10.0. The summed E-state index contributed by atoms with van der Waals surface area (Å²) in [6.07, 6.45) is 8.04. The molecule has 1 rings (SSSR count). The molecule has 1 saturated heterocycles. The predicted octanol–water partition coefficient (Wildman–Crippen LogP) is 2.82. The standard InChI is InChI=1S/C15H31NO2/c1-4-5-6-7-8-9-10-16-11-14(12-17)18-15(2,3)13-16/h14,17H,4-13H2,1-3H3. The van der Waals surface area contributed by atoms with Crippen molar-refractivity contribution in [3.8, 4) is 0 Å². The Kier molecular flexibility index (Phi) is 7.20. The number of unbranched alkanes of at least 4 members (excludes halogenated alkanes) is 5. The zero-order valence-corrected chi connectivity index (χ0v) is 12.5. The van der Waals surface area contributed by atoms with Crippen molar-refractivity contribution in [3.63, 3.8) is 0 Å². The number of hydrogen-bond acceptors (Lipinski definition) is 3. The molecule has 0 amide bonds. The molecule has 0 spiro atoms. The van der Waals surface area contributed by atoms with E-state index in [-0.39, 0.29) is 18.3 Å². The molecule has 108 valence electrons. The van der Waals surface area contributed by atoms with Crippen molar-refractivity contribution in [2.24, 2.45) is 0 Å². The number of nitrogens with zero attached hydrogens (tertiary/aromatic N) is 1. The molecular weight excluding hydrogens is 226 g/mol. The SMILES string of the molecule is CCCCCCCCN1CC(CO)OC(C)(C)C1. The minimum Gasteiger partial charge on any atom is -0.394 e. The van der Waals surface area contributed by atoms with Gasteiger partial charge in [0, 0.05) is 13.1 Å². The lowest BCUT2D eigenvalue weighted by Gasteiger charge is -2.42. The molecule has 1 fully saturated rings. The Hall–Kier alpha value is -0.120. The maximum atomic E-state index is 9.26. The molecule has 1 aliphatic heterocycles. The third kappa shape index (κ3) is 6.17. The normalized spacial score (nSPS) is 24.3. The first kappa shape index (κ1) is 15.9. The topological polar surface area (TPSA) is 32.7 Å². The van der Waals surface area contributed by atoms with Gasteiger partial charge in [-0.2, -0.15) is 0 Å². The van der Waals surface area contributed by atoms with Gasteiger partial charge in [-0.1, -0.05) is 39.0 Å². The van der Waals surface area contributed by atoms with E-state index in [4.69, 9.17) is 4.74 Å². The molecular formula is C15H31NO2. The second-order valence-electron chi connectivity index (χ2n) is 6.19. The Labute approximate surface area is 113 Å². The van der Waals surface area contributed by atoms with Crippen LogP contribution in [0.1, 0.15) is 59.3 Å². The van der Waals surface area contributed by atoms with Crippen LogP contribution >= 0.6 is 0 Å². The smallest absolute Gasteiger partial charge is 0.0940 e. The largest absolute Gasteiger partial charge is 0.394 e. The first-order chi connectivity index (χ1) is 8.57. The molecule has 0 aliphatic carbocycles. The van der Waals surface area contributed by atoms with Gasteiger partial charge >= 0.3 is 0 Å². The summed E-state index contributed by atoms with van der Waals surface area (Å²) in [6, 6.07) is 0. The van der Waals surface area contributed by atoms with Crippen LogP contribution in [0.5, 0.6) is 0 Å². The molecule has 1 aliphatic rings. The molecule has 0 bridgehead atoms. The highest BCUT2D eigenvalue weighted by molar-refractivity contribution is 4.83. The van der Waals surface area contributed by atoms with Gasteiger partial charge in [0.05, 0.1) is 18.3 Å². The van der Waals surface area contributed by atoms with Crippen molar-refractivity contribution < 1.29 is 9.84 Å². The minimum atomic E-state index is -0.117. The van der Waals surface area contributed by atoms with Crippen LogP contribution in [0, 0.1) is 0 Å². The van der Waals surface area contributed by atoms with E-state index >= 15 is 0 Å². The molecule has 3 nitrogen and oxygen atoms in total. The van der Waals surface area contributed by atoms with Crippen LogP contribution in [0.15, 0.2) is 0 Å². The molecule has 0 aromatic carbocycles. The van der Waals surface area contributed by atoms with Gasteiger partial charge in [0.25, 0.3) is 0 Å². The van der Waals surface area contributed by atoms with E-state index in [1.807, 2.05) is 0 Å². The van der Waals surface area contributed by atoms with E-state index in [0.717, 1.165) is 19.6 Å². The summed E-state index contributed by atoms with van der Waals surface area (Å²) in [6.45, 7) is 9.64. The Morgan fingerprint density at radius 1 is 1.17 bits per heavy atom. The summed E-state index contributed by atoms with van der Waals surface area (Å²) in [5, 5.41) is 9.26. The molecule has 0 aromatic heterocycles. The summed E-state index contributed by atoms with van der Waals surface area (Å²) in [5.74, 6) is 0. The van der Waals surface area contributed by atoms with Crippen LogP contribution < -0.4 is 0 Å². The molecule has 0 aromatic rings. The fraction of sp³-hybridized carbons (Fsp3) is 1.00. The summed E-state index contributed by atoms with van der Waals surface area (Å²) >= 11 is 0. The van der Waals surface area contributed by atoms with Gasteiger partial charge in [0.1, 0.15) is 0 Å².